The lowest BCUT2D eigenvalue weighted by Gasteiger charge is -2.40. The lowest BCUT2D eigenvalue weighted by atomic mass is 9.97. The van der Waals surface area contributed by atoms with Crippen LogP contribution in [-0.4, -0.2) is 42.9 Å². The smallest absolute Gasteiger partial charge is 0.236 e. The molecule has 0 spiro atoms. The molecule has 1 aromatic carbocycles. The fourth-order valence-electron chi connectivity index (χ4n) is 4.06. The highest BCUT2D eigenvalue weighted by Crippen LogP contribution is 2.41. The summed E-state index contributed by atoms with van der Waals surface area (Å²) in [4.78, 5) is 15.3. The molecule has 3 atom stereocenters. The molecular weight excluding hydrogens is 356 g/mol. The van der Waals surface area contributed by atoms with E-state index in [4.69, 9.17) is 0 Å². The van der Waals surface area contributed by atoms with E-state index in [1.165, 1.54) is 31.0 Å². The first kappa shape index (κ1) is 18.5. The number of hydrogen-bond acceptors (Lipinski definition) is 4. The number of para-hydroxylation sites is 1. The Morgan fingerprint density at radius 3 is 2.37 bits per heavy atom. The van der Waals surface area contributed by atoms with Crippen molar-refractivity contribution in [3.05, 3.63) is 36.2 Å². The summed E-state index contributed by atoms with van der Waals surface area (Å²) >= 11 is 1.54. The van der Waals surface area contributed by atoms with Crippen molar-refractivity contribution < 1.29 is 4.79 Å². The van der Waals surface area contributed by atoms with E-state index in [-0.39, 0.29) is 11.2 Å². The summed E-state index contributed by atoms with van der Waals surface area (Å²) in [6.07, 6.45) is 5.75. The molecule has 0 bridgehead atoms. The van der Waals surface area contributed by atoms with Crippen molar-refractivity contribution in [1.29, 1.82) is 0 Å². The molecule has 2 aliphatic rings. The van der Waals surface area contributed by atoms with Gasteiger partial charge in [-0.1, -0.05) is 30.0 Å². The van der Waals surface area contributed by atoms with Gasteiger partial charge in [-0.3, -0.25) is 9.36 Å². The number of rotatable bonds is 5. The van der Waals surface area contributed by atoms with Crippen LogP contribution in [0.2, 0.25) is 0 Å². The summed E-state index contributed by atoms with van der Waals surface area (Å²) in [5.74, 6) is 1.75. The van der Waals surface area contributed by atoms with Gasteiger partial charge in [0, 0.05) is 23.7 Å². The average molecular weight is 385 g/mol. The van der Waals surface area contributed by atoms with E-state index >= 15 is 0 Å². The molecule has 2 aromatic rings. The Labute approximate surface area is 165 Å². The van der Waals surface area contributed by atoms with Crippen LogP contribution in [0, 0.1) is 0 Å². The zero-order valence-electron chi connectivity index (χ0n) is 16.3. The fraction of sp³-hybridized carbons (Fsp3) is 0.571. The third-order valence-electron chi connectivity index (χ3n) is 5.69. The molecule has 5 nitrogen and oxygen atoms in total. The second-order valence-electron chi connectivity index (χ2n) is 7.92. The van der Waals surface area contributed by atoms with Crippen molar-refractivity contribution in [2.45, 2.75) is 81.3 Å². The monoisotopic (exact) mass is 384 g/mol. The first-order valence-corrected chi connectivity index (χ1v) is 10.9. The van der Waals surface area contributed by atoms with Gasteiger partial charge in [0.25, 0.3) is 0 Å². The van der Waals surface area contributed by atoms with Crippen molar-refractivity contribution in [3.8, 4) is 5.69 Å². The minimum atomic E-state index is -0.174. The van der Waals surface area contributed by atoms with Crippen molar-refractivity contribution in [1.82, 2.24) is 19.7 Å². The van der Waals surface area contributed by atoms with Gasteiger partial charge in [0.2, 0.25) is 5.91 Å². The standard InChI is InChI=1S/C21H28N4OS/c1-14-8-7-9-15(2)24(14)20(26)16(3)27-21-23-22-19(17-12-13-17)25(21)18-10-5-4-6-11-18/h4-6,10-11,14-17H,7-9,12-13H2,1-3H3/t14-,15+,16-/m0/s1. The zero-order valence-corrected chi connectivity index (χ0v) is 17.2. The average Bonchev–Trinajstić information content (AvgIpc) is 3.43. The molecule has 1 aliphatic heterocycles. The van der Waals surface area contributed by atoms with Crippen LogP contribution in [0.4, 0.5) is 0 Å². The van der Waals surface area contributed by atoms with Gasteiger partial charge in [0.1, 0.15) is 5.82 Å². The maximum atomic E-state index is 13.2. The molecule has 2 fully saturated rings. The second-order valence-corrected chi connectivity index (χ2v) is 9.23. The van der Waals surface area contributed by atoms with Gasteiger partial charge in [0.05, 0.1) is 5.25 Å². The molecule has 6 heteroatoms. The Bertz CT molecular complexity index is 792. The van der Waals surface area contributed by atoms with Crippen molar-refractivity contribution >= 4 is 17.7 Å². The van der Waals surface area contributed by atoms with E-state index in [9.17, 15) is 4.79 Å². The molecule has 2 heterocycles. The van der Waals surface area contributed by atoms with E-state index in [1.807, 2.05) is 25.1 Å². The molecule has 0 radical (unpaired) electrons. The molecule has 1 amide bonds. The summed E-state index contributed by atoms with van der Waals surface area (Å²) in [6, 6.07) is 10.9. The third-order valence-corrected chi connectivity index (χ3v) is 6.72. The fourth-order valence-corrected chi connectivity index (χ4v) is 4.99. The Hall–Kier alpha value is -1.82. The first-order valence-electron chi connectivity index (χ1n) is 10.1. The van der Waals surface area contributed by atoms with Crippen LogP contribution in [0.15, 0.2) is 35.5 Å². The number of amides is 1. The predicted molar refractivity (Wildman–Crippen MR) is 108 cm³/mol. The number of thioether (sulfide) groups is 1. The van der Waals surface area contributed by atoms with Crippen LogP contribution in [0.5, 0.6) is 0 Å². The quantitative estimate of drug-likeness (QED) is 0.716. The minimum Gasteiger partial charge on any atom is -0.336 e. The topological polar surface area (TPSA) is 51.0 Å². The highest BCUT2D eigenvalue weighted by molar-refractivity contribution is 8.00. The number of carbonyl (C=O) groups excluding carboxylic acids is 1. The molecule has 4 rings (SSSR count). The Kier molecular flexibility index (Phi) is 5.26. The molecule has 1 saturated carbocycles. The zero-order chi connectivity index (χ0) is 19.0. The highest BCUT2D eigenvalue weighted by Gasteiger charge is 2.35. The lowest BCUT2D eigenvalue weighted by molar-refractivity contribution is -0.136. The summed E-state index contributed by atoms with van der Waals surface area (Å²) in [7, 11) is 0. The first-order chi connectivity index (χ1) is 13.1. The van der Waals surface area contributed by atoms with E-state index in [0.717, 1.165) is 29.5 Å². The van der Waals surface area contributed by atoms with E-state index in [2.05, 4.69) is 45.6 Å². The number of hydrogen-bond donors (Lipinski definition) is 0. The van der Waals surface area contributed by atoms with Crippen LogP contribution < -0.4 is 0 Å². The summed E-state index contributed by atoms with van der Waals surface area (Å²) < 4.78 is 2.15. The van der Waals surface area contributed by atoms with E-state index in [1.54, 1.807) is 0 Å². The van der Waals surface area contributed by atoms with Gasteiger partial charge >= 0.3 is 0 Å². The summed E-state index contributed by atoms with van der Waals surface area (Å²) in [6.45, 7) is 6.34. The SMILES string of the molecule is C[C@H](Sc1nnc(C2CC2)n1-c1ccccc1)C(=O)N1[C@H](C)CCC[C@@H]1C. The van der Waals surface area contributed by atoms with Gasteiger partial charge in [-0.2, -0.15) is 0 Å². The number of nitrogens with zero attached hydrogens (tertiary/aromatic N) is 4. The predicted octanol–water partition coefficient (Wildman–Crippen LogP) is 4.41. The molecule has 1 aromatic heterocycles. The Morgan fingerprint density at radius 1 is 1.07 bits per heavy atom. The van der Waals surface area contributed by atoms with Crippen molar-refractivity contribution in [3.63, 3.8) is 0 Å². The summed E-state index contributed by atoms with van der Waals surface area (Å²) in [5, 5.41) is 9.59. The maximum Gasteiger partial charge on any atom is 0.236 e. The van der Waals surface area contributed by atoms with Crippen LogP contribution in [0.1, 0.15) is 64.6 Å². The molecule has 144 valence electrons. The van der Waals surface area contributed by atoms with E-state index < -0.39 is 0 Å². The number of aromatic nitrogens is 3. The van der Waals surface area contributed by atoms with Gasteiger partial charge in [0.15, 0.2) is 5.16 Å². The number of piperidine rings is 1. The maximum absolute atomic E-state index is 13.2. The Balaban J connectivity index is 1.58. The lowest BCUT2D eigenvalue weighted by Crippen LogP contribution is -2.50. The van der Waals surface area contributed by atoms with Crippen molar-refractivity contribution in [2.24, 2.45) is 0 Å². The van der Waals surface area contributed by atoms with Crippen LogP contribution in [0.25, 0.3) is 5.69 Å². The van der Waals surface area contributed by atoms with Crippen molar-refractivity contribution in [2.75, 3.05) is 0 Å². The molecule has 0 unspecified atom stereocenters. The largest absolute Gasteiger partial charge is 0.336 e. The van der Waals surface area contributed by atoms with Gasteiger partial charge < -0.3 is 4.90 Å². The molecular formula is C21H28N4OS. The highest BCUT2D eigenvalue weighted by atomic mass is 32.2. The Morgan fingerprint density at radius 2 is 1.74 bits per heavy atom. The number of benzene rings is 1. The van der Waals surface area contributed by atoms with E-state index in [0.29, 0.717) is 18.0 Å². The molecule has 1 aliphatic carbocycles. The van der Waals surface area contributed by atoms with Gasteiger partial charge in [-0.05, 0) is 65.0 Å². The van der Waals surface area contributed by atoms with Crippen LogP contribution in [-0.2, 0) is 4.79 Å². The minimum absolute atomic E-state index is 0.174. The normalized spacial score (nSPS) is 24.0. The van der Waals surface area contributed by atoms with Gasteiger partial charge in [-0.25, -0.2) is 0 Å². The van der Waals surface area contributed by atoms with Crippen LogP contribution in [0.3, 0.4) is 0 Å². The molecule has 0 N–H and O–H groups in total. The summed E-state index contributed by atoms with van der Waals surface area (Å²) in [5.41, 5.74) is 1.08. The molecule has 27 heavy (non-hydrogen) atoms. The number of carbonyl (C=O) groups is 1. The third kappa shape index (κ3) is 3.77. The molecule has 1 saturated heterocycles. The second kappa shape index (κ2) is 7.66. The van der Waals surface area contributed by atoms with Crippen LogP contribution >= 0.6 is 11.8 Å². The van der Waals surface area contributed by atoms with Gasteiger partial charge in [-0.15, -0.1) is 10.2 Å². The number of likely N-dealkylation sites (tertiary alicyclic amines) is 1.